The Kier molecular flexibility index (Phi) is 3.86. The molecule has 2 fully saturated rings. The molecule has 0 aromatic heterocycles. The van der Waals surface area contributed by atoms with Crippen molar-refractivity contribution in [2.75, 3.05) is 20.6 Å². The summed E-state index contributed by atoms with van der Waals surface area (Å²) in [6, 6.07) is 0.910. The third-order valence-corrected chi connectivity index (χ3v) is 3.64. The Morgan fingerprint density at radius 2 is 2.00 bits per heavy atom. The first-order chi connectivity index (χ1) is 8.19. The maximum Gasteiger partial charge on any atom is 0.222 e. The van der Waals surface area contributed by atoms with Gasteiger partial charge in [0.1, 0.15) is 0 Å². The molecule has 1 saturated heterocycles. The molecule has 0 radical (unpaired) electrons. The van der Waals surface area contributed by atoms with Crippen molar-refractivity contribution in [1.29, 1.82) is 0 Å². The molecule has 1 aliphatic heterocycles. The molecule has 1 amide bonds. The van der Waals surface area contributed by atoms with Crippen LogP contribution in [0.15, 0.2) is 4.99 Å². The molecule has 5 nitrogen and oxygen atoms in total. The minimum absolute atomic E-state index is 0.241. The average Bonchev–Trinajstić information content (AvgIpc) is 2.26. The fourth-order valence-corrected chi connectivity index (χ4v) is 2.24. The van der Waals surface area contributed by atoms with E-state index in [1.807, 2.05) is 7.05 Å². The zero-order chi connectivity index (χ0) is 12.3. The number of likely N-dealkylation sites (N-methyl/N-ethyl adjacent to an activating group) is 1. The molecular formula is C12H22N4O. The van der Waals surface area contributed by atoms with Gasteiger partial charge in [0.2, 0.25) is 5.91 Å². The number of nitrogens with zero attached hydrogens (tertiary/aromatic N) is 2. The Hall–Kier alpha value is -1.26. The lowest BCUT2D eigenvalue weighted by Gasteiger charge is -2.33. The molecule has 5 heteroatoms. The zero-order valence-electron chi connectivity index (χ0n) is 10.7. The molecule has 2 N–H and O–H groups in total. The number of aliphatic imine (C=N–C) groups is 1. The highest BCUT2D eigenvalue weighted by Gasteiger charge is 2.24. The molecule has 1 atom stereocenters. The second kappa shape index (κ2) is 5.38. The lowest BCUT2D eigenvalue weighted by molar-refractivity contribution is -0.132. The summed E-state index contributed by atoms with van der Waals surface area (Å²) in [6.45, 7) is 0.768. The van der Waals surface area contributed by atoms with Crippen molar-refractivity contribution in [1.82, 2.24) is 15.5 Å². The van der Waals surface area contributed by atoms with Gasteiger partial charge in [0.15, 0.2) is 5.96 Å². The first-order valence-electron chi connectivity index (χ1n) is 6.43. The van der Waals surface area contributed by atoms with Crippen LogP contribution in [0, 0.1) is 0 Å². The molecule has 0 spiro atoms. The first kappa shape index (κ1) is 12.2. The largest absolute Gasteiger partial charge is 0.354 e. The molecule has 0 bridgehead atoms. The summed E-state index contributed by atoms with van der Waals surface area (Å²) < 4.78 is 0. The summed E-state index contributed by atoms with van der Waals surface area (Å²) in [4.78, 5) is 17.4. The predicted octanol–water partition coefficient (Wildman–Crippen LogP) is 0.325. The monoisotopic (exact) mass is 238 g/mol. The number of likely N-dealkylation sites (tertiary alicyclic amines) is 1. The van der Waals surface area contributed by atoms with E-state index in [9.17, 15) is 4.79 Å². The minimum Gasteiger partial charge on any atom is -0.354 e. The smallest absolute Gasteiger partial charge is 0.222 e. The maximum absolute atomic E-state index is 11.4. The van der Waals surface area contributed by atoms with Crippen molar-refractivity contribution in [3.63, 3.8) is 0 Å². The Labute approximate surface area is 103 Å². The molecular weight excluding hydrogens is 216 g/mol. The van der Waals surface area contributed by atoms with Crippen LogP contribution in [0.5, 0.6) is 0 Å². The van der Waals surface area contributed by atoms with Crippen molar-refractivity contribution in [2.24, 2.45) is 4.99 Å². The van der Waals surface area contributed by atoms with Crippen LogP contribution < -0.4 is 10.6 Å². The van der Waals surface area contributed by atoms with Gasteiger partial charge in [-0.15, -0.1) is 0 Å². The van der Waals surface area contributed by atoms with Crippen LogP contribution >= 0.6 is 0 Å². The number of amides is 1. The van der Waals surface area contributed by atoms with Crippen LogP contribution in [0.1, 0.15) is 32.1 Å². The fraction of sp³-hybridized carbons (Fsp3) is 0.833. The van der Waals surface area contributed by atoms with Gasteiger partial charge in [-0.05, 0) is 25.7 Å². The highest BCUT2D eigenvalue weighted by molar-refractivity contribution is 5.81. The van der Waals surface area contributed by atoms with Crippen LogP contribution in [-0.2, 0) is 4.79 Å². The van der Waals surface area contributed by atoms with Crippen molar-refractivity contribution in [2.45, 2.75) is 44.2 Å². The average molecular weight is 238 g/mol. The number of carbonyl (C=O) groups is 1. The Morgan fingerprint density at radius 1 is 1.29 bits per heavy atom. The number of hydrogen-bond acceptors (Lipinski definition) is 2. The van der Waals surface area contributed by atoms with Gasteiger partial charge < -0.3 is 15.5 Å². The molecule has 2 rings (SSSR count). The number of guanidine groups is 1. The third-order valence-electron chi connectivity index (χ3n) is 3.64. The molecule has 1 saturated carbocycles. The van der Waals surface area contributed by atoms with Gasteiger partial charge in [-0.25, -0.2) is 0 Å². The molecule has 96 valence electrons. The van der Waals surface area contributed by atoms with Gasteiger partial charge in [-0.1, -0.05) is 0 Å². The van der Waals surface area contributed by atoms with E-state index in [1.165, 1.54) is 19.3 Å². The van der Waals surface area contributed by atoms with E-state index in [1.54, 1.807) is 11.9 Å². The van der Waals surface area contributed by atoms with Crippen LogP contribution in [0.25, 0.3) is 0 Å². The highest BCUT2D eigenvalue weighted by Crippen LogP contribution is 2.18. The highest BCUT2D eigenvalue weighted by atomic mass is 16.2. The van der Waals surface area contributed by atoms with Gasteiger partial charge in [-0.3, -0.25) is 9.79 Å². The topological polar surface area (TPSA) is 56.7 Å². The van der Waals surface area contributed by atoms with Crippen molar-refractivity contribution >= 4 is 11.9 Å². The van der Waals surface area contributed by atoms with Gasteiger partial charge >= 0.3 is 0 Å². The van der Waals surface area contributed by atoms with Gasteiger partial charge in [-0.2, -0.15) is 0 Å². The summed E-state index contributed by atoms with van der Waals surface area (Å²) in [7, 11) is 3.66. The lowest BCUT2D eigenvalue weighted by Crippen LogP contribution is -2.54. The number of rotatable bonds is 2. The molecule has 2 aliphatic rings. The normalized spacial score (nSPS) is 26.7. The summed E-state index contributed by atoms with van der Waals surface area (Å²) in [6.07, 6.45) is 5.33. The van der Waals surface area contributed by atoms with Gasteiger partial charge in [0.25, 0.3) is 0 Å². The number of carbonyl (C=O) groups excluding carboxylic acids is 1. The third kappa shape index (κ3) is 3.11. The second-order valence-corrected chi connectivity index (χ2v) is 5.00. The molecule has 1 unspecified atom stereocenters. The molecule has 0 aromatic carbocycles. The summed E-state index contributed by atoms with van der Waals surface area (Å²) >= 11 is 0. The van der Waals surface area contributed by atoms with E-state index in [0.29, 0.717) is 18.5 Å². The van der Waals surface area contributed by atoms with Crippen molar-refractivity contribution < 1.29 is 4.79 Å². The van der Waals surface area contributed by atoms with E-state index >= 15 is 0 Å². The Bertz CT molecular complexity index is 312. The van der Waals surface area contributed by atoms with E-state index in [0.717, 1.165) is 18.9 Å². The molecule has 0 aromatic rings. The fourth-order valence-electron chi connectivity index (χ4n) is 2.24. The van der Waals surface area contributed by atoms with Crippen LogP contribution in [0.3, 0.4) is 0 Å². The zero-order valence-corrected chi connectivity index (χ0v) is 10.7. The summed E-state index contributed by atoms with van der Waals surface area (Å²) in [5.41, 5.74) is 0. The summed E-state index contributed by atoms with van der Waals surface area (Å²) in [5.74, 6) is 1.12. The minimum atomic E-state index is 0.241. The maximum atomic E-state index is 11.4. The molecule has 1 heterocycles. The van der Waals surface area contributed by atoms with E-state index in [-0.39, 0.29) is 5.91 Å². The molecule has 1 aliphatic carbocycles. The predicted molar refractivity (Wildman–Crippen MR) is 67.9 cm³/mol. The quantitative estimate of drug-likeness (QED) is 0.538. The van der Waals surface area contributed by atoms with Crippen molar-refractivity contribution in [3.05, 3.63) is 0 Å². The number of piperidine rings is 1. The second-order valence-electron chi connectivity index (χ2n) is 5.00. The standard InChI is InChI=1S/C12H22N4O/c1-13-12(14-9-4-3-5-9)15-10-6-7-11(17)16(2)8-10/h9-10H,3-8H2,1-2H3,(H2,13,14,15). The number of nitrogens with one attached hydrogen (secondary N) is 2. The van der Waals surface area contributed by atoms with E-state index < -0.39 is 0 Å². The van der Waals surface area contributed by atoms with Crippen LogP contribution in [0.2, 0.25) is 0 Å². The van der Waals surface area contributed by atoms with Crippen LogP contribution in [0.4, 0.5) is 0 Å². The van der Waals surface area contributed by atoms with Crippen molar-refractivity contribution in [3.8, 4) is 0 Å². The van der Waals surface area contributed by atoms with Gasteiger partial charge in [0, 0.05) is 39.1 Å². The number of hydrogen-bond donors (Lipinski definition) is 2. The first-order valence-corrected chi connectivity index (χ1v) is 6.43. The molecule has 17 heavy (non-hydrogen) atoms. The van der Waals surface area contributed by atoms with Gasteiger partial charge in [0.05, 0.1) is 0 Å². The van der Waals surface area contributed by atoms with E-state index in [2.05, 4.69) is 15.6 Å². The van der Waals surface area contributed by atoms with E-state index in [4.69, 9.17) is 0 Å². The Balaban J connectivity index is 1.80. The summed E-state index contributed by atoms with van der Waals surface area (Å²) in [5, 5.41) is 6.81. The Morgan fingerprint density at radius 3 is 2.53 bits per heavy atom. The lowest BCUT2D eigenvalue weighted by atomic mass is 9.93. The SMILES string of the molecule is CN=C(NC1CCC1)NC1CCC(=O)N(C)C1. The van der Waals surface area contributed by atoms with Crippen LogP contribution in [-0.4, -0.2) is 49.5 Å².